The molecular weight excluding hydrogens is 421 g/mol. The second-order valence-corrected chi connectivity index (χ2v) is 6.21. The molecule has 1 N–H and O–H groups in total. The van der Waals surface area contributed by atoms with Gasteiger partial charge in [0.05, 0.1) is 28.2 Å². The van der Waals surface area contributed by atoms with E-state index in [-0.39, 0.29) is 11.4 Å². The van der Waals surface area contributed by atoms with E-state index in [0.717, 1.165) is 18.2 Å². The van der Waals surface area contributed by atoms with Crippen LogP contribution in [0.3, 0.4) is 0 Å². The molecule has 13 heteroatoms. The Kier molecular flexibility index (Phi) is 6.93. The number of nitrogens with one attached hydrogen (secondary N) is 1. The number of anilines is 1. The van der Waals surface area contributed by atoms with E-state index in [1.54, 1.807) is 0 Å². The molecule has 0 saturated heterocycles. The molecule has 1 aromatic carbocycles. The van der Waals surface area contributed by atoms with Crippen LogP contribution in [0, 0.1) is 20.2 Å². The van der Waals surface area contributed by atoms with Gasteiger partial charge in [-0.2, -0.15) is 13.9 Å². The summed E-state index contributed by atoms with van der Waals surface area (Å²) in [4.78, 5) is 19.9. The standard InChI is InChI=1S/C11H10BrClF2N4O5/c1-6(5-24-11(14,15)10(12)13)16-17-8-3-2-7(18(20)21)4-9(8)19(22)23/h2-4,10,17H,5H2,1H3/b16-6+. The number of hydrogen-bond donors (Lipinski definition) is 1. The Balaban J connectivity index is 2.85. The average molecular weight is 432 g/mol. The van der Waals surface area contributed by atoms with Crippen molar-refractivity contribution in [2.75, 3.05) is 12.0 Å². The largest absolute Gasteiger partial charge is 0.382 e. The van der Waals surface area contributed by atoms with E-state index >= 15 is 0 Å². The lowest BCUT2D eigenvalue weighted by Gasteiger charge is -2.17. The van der Waals surface area contributed by atoms with Gasteiger partial charge in [0, 0.05) is 6.07 Å². The Morgan fingerprint density at radius 2 is 2.08 bits per heavy atom. The SMILES string of the molecule is C/C(COC(F)(F)C(Cl)Br)=N\Nc1ccc([N+](=O)[O-])cc1[N+](=O)[O-]. The highest BCUT2D eigenvalue weighted by Gasteiger charge is 2.38. The summed E-state index contributed by atoms with van der Waals surface area (Å²) in [6, 6.07) is 2.87. The van der Waals surface area contributed by atoms with Gasteiger partial charge in [-0.25, -0.2) is 0 Å². The lowest BCUT2D eigenvalue weighted by molar-refractivity contribution is -0.393. The van der Waals surface area contributed by atoms with Crippen LogP contribution >= 0.6 is 27.5 Å². The molecule has 0 radical (unpaired) electrons. The number of halogens is 4. The van der Waals surface area contributed by atoms with Gasteiger partial charge in [-0.05, 0) is 13.0 Å². The molecule has 1 unspecified atom stereocenters. The summed E-state index contributed by atoms with van der Waals surface area (Å²) in [7, 11) is 0. The monoisotopic (exact) mass is 430 g/mol. The molecule has 0 aliphatic rings. The van der Waals surface area contributed by atoms with Crippen LogP contribution in [-0.4, -0.2) is 32.6 Å². The van der Waals surface area contributed by atoms with E-state index in [4.69, 9.17) is 11.6 Å². The normalized spacial score (nSPS) is 13.5. The third-order valence-electron chi connectivity index (χ3n) is 2.48. The zero-order chi connectivity index (χ0) is 18.5. The fourth-order valence-corrected chi connectivity index (χ4v) is 1.53. The summed E-state index contributed by atoms with van der Waals surface area (Å²) in [5, 5.41) is 25.2. The van der Waals surface area contributed by atoms with Gasteiger partial charge in [0.15, 0.2) is 4.29 Å². The average Bonchev–Trinajstić information content (AvgIpc) is 2.50. The van der Waals surface area contributed by atoms with Crippen LogP contribution in [0.1, 0.15) is 6.92 Å². The smallest absolute Gasteiger partial charge is 0.312 e. The first kappa shape index (κ1) is 20.1. The minimum atomic E-state index is -3.64. The number of ether oxygens (including phenoxy) is 1. The number of nitro benzene ring substituents is 2. The van der Waals surface area contributed by atoms with Crippen LogP contribution in [-0.2, 0) is 4.74 Å². The van der Waals surface area contributed by atoms with Crippen LogP contribution in [0.25, 0.3) is 0 Å². The van der Waals surface area contributed by atoms with Crippen molar-refractivity contribution in [3.8, 4) is 0 Å². The van der Waals surface area contributed by atoms with Gasteiger partial charge in [-0.1, -0.05) is 15.9 Å². The number of non-ortho nitro benzene ring substituents is 1. The van der Waals surface area contributed by atoms with Crippen molar-refractivity contribution in [2.45, 2.75) is 17.3 Å². The molecule has 0 heterocycles. The highest BCUT2D eigenvalue weighted by Crippen LogP contribution is 2.30. The lowest BCUT2D eigenvalue weighted by atomic mass is 10.2. The molecule has 1 aromatic rings. The summed E-state index contributed by atoms with van der Waals surface area (Å²) in [5.41, 5.74) is 1.11. The Morgan fingerprint density at radius 1 is 1.46 bits per heavy atom. The molecule has 0 saturated carbocycles. The molecule has 0 aliphatic carbocycles. The fraction of sp³-hybridized carbons (Fsp3) is 0.364. The summed E-state index contributed by atoms with van der Waals surface area (Å²) < 4.78 is 28.8. The summed E-state index contributed by atoms with van der Waals surface area (Å²) in [5.74, 6) is 0. The number of nitro groups is 2. The Bertz CT molecular complexity index is 674. The maximum atomic E-state index is 13.1. The molecule has 0 aliphatic heterocycles. The van der Waals surface area contributed by atoms with Crippen LogP contribution < -0.4 is 5.43 Å². The summed E-state index contributed by atoms with van der Waals surface area (Å²) >= 11 is 7.65. The zero-order valence-corrected chi connectivity index (χ0v) is 14.3. The second-order valence-electron chi connectivity index (χ2n) is 4.33. The summed E-state index contributed by atoms with van der Waals surface area (Å²) in [6.07, 6.45) is -3.64. The lowest BCUT2D eigenvalue weighted by Crippen LogP contribution is -2.30. The van der Waals surface area contributed by atoms with E-state index in [9.17, 15) is 29.0 Å². The molecule has 0 aromatic heterocycles. The van der Waals surface area contributed by atoms with Gasteiger partial charge < -0.3 is 4.74 Å². The van der Waals surface area contributed by atoms with Crippen LogP contribution in [0.2, 0.25) is 0 Å². The van der Waals surface area contributed by atoms with Crippen molar-refractivity contribution in [3.05, 3.63) is 38.4 Å². The minimum Gasteiger partial charge on any atom is -0.312 e. The first-order valence-electron chi connectivity index (χ1n) is 6.06. The minimum absolute atomic E-state index is 0.0344. The quantitative estimate of drug-likeness (QED) is 0.289. The molecule has 24 heavy (non-hydrogen) atoms. The fourth-order valence-electron chi connectivity index (χ4n) is 1.33. The number of hydrogen-bond acceptors (Lipinski definition) is 7. The van der Waals surface area contributed by atoms with Crippen molar-refractivity contribution in [3.63, 3.8) is 0 Å². The first-order chi connectivity index (χ1) is 11.0. The van der Waals surface area contributed by atoms with Crippen molar-refractivity contribution in [1.29, 1.82) is 0 Å². The van der Waals surface area contributed by atoms with Crippen LogP contribution in [0.5, 0.6) is 0 Å². The number of rotatable bonds is 8. The first-order valence-corrected chi connectivity index (χ1v) is 7.41. The van der Waals surface area contributed by atoms with Crippen molar-refractivity contribution in [2.24, 2.45) is 5.10 Å². The molecule has 9 nitrogen and oxygen atoms in total. The summed E-state index contributed by atoms with van der Waals surface area (Å²) in [6.45, 7) is 0.730. The van der Waals surface area contributed by atoms with Gasteiger partial charge in [0.1, 0.15) is 5.69 Å². The molecule has 132 valence electrons. The maximum absolute atomic E-state index is 13.1. The molecule has 0 spiro atoms. The van der Waals surface area contributed by atoms with E-state index < -0.39 is 38.2 Å². The number of benzene rings is 1. The third-order valence-corrected chi connectivity index (χ3v) is 3.27. The molecule has 0 bridgehead atoms. The predicted molar refractivity (Wildman–Crippen MR) is 85.9 cm³/mol. The highest BCUT2D eigenvalue weighted by atomic mass is 79.9. The molecule has 0 fully saturated rings. The van der Waals surface area contributed by atoms with E-state index in [0.29, 0.717) is 0 Å². The number of alkyl halides is 4. The van der Waals surface area contributed by atoms with Crippen LogP contribution in [0.4, 0.5) is 25.8 Å². The van der Waals surface area contributed by atoms with Crippen molar-refractivity contribution < 1.29 is 23.4 Å². The van der Waals surface area contributed by atoms with Crippen molar-refractivity contribution in [1.82, 2.24) is 0 Å². The zero-order valence-electron chi connectivity index (χ0n) is 11.9. The van der Waals surface area contributed by atoms with Crippen LogP contribution in [0.15, 0.2) is 23.3 Å². The van der Waals surface area contributed by atoms with Gasteiger partial charge in [-0.3, -0.25) is 25.7 Å². The molecule has 1 atom stereocenters. The highest BCUT2D eigenvalue weighted by molar-refractivity contribution is 9.10. The van der Waals surface area contributed by atoms with E-state index in [1.807, 2.05) is 0 Å². The van der Waals surface area contributed by atoms with Gasteiger partial charge in [0.2, 0.25) is 0 Å². The van der Waals surface area contributed by atoms with Crippen molar-refractivity contribution >= 4 is 50.3 Å². The van der Waals surface area contributed by atoms with E-state index in [1.165, 1.54) is 6.92 Å². The predicted octanol–water partition coefficient (Wildman–Crippen LogP) is 3.86. The number of hydrazone groups is 1. The van der Waals surface area contributed by atoms with E-state index in [2.05, 4.69) is 31.2 Å². The Morgan fingerprint density at radius 3 is 2.58 bits per heavy atom. The maximum Gasteiger partial charge on any atom is 0.382 e. The topological polar surface area (TPSA) is 120 Å². The van der Waals surface area contributed by atoms with Gasteiger partial charge in [-0.15, -0.1) is 11.6 Å². The molecular formula is C11H10BrClF2N4O5. The Labute approximate surface area is 147 Å². The van der Waals surface area contributed by atoms with Gasteiger partial charge in [0.25, 0.3) is 5.69 Å². The molecule has 0 amide bonds. The third kappa shape index (κ3) is 5.62. The Hall–Kier alpha value is -1.92. The second kappa shape index (κ2) is 8.26. The van der Waals surface area contributed by atoms with Gasteiger partial charge >= 0.3 is 11.8 Å². The molecule has 1 rings (SSSR count). The number of nitrogens with zero attached hydrogens (tertiary/aromatic N) is 3.